The van der Waals surface area contributed by atoms with Crippen LogP contribution in [0.15, 0.2) is 0 Å². The van der Waals surface area contributed by atoms with Crippen molar-refractivity contribution in [3.8, 4) is 0 Å². The largest absolute Gasteiger partial charge is 0.444 e. The zero-order valence-corrected chi connectivity index (χ0v) is 14.4. The van der Waals surface area contributed by atoms with Gasteiger partial charge in [-0.05, 0) is 33.1 Å². The van der Waals surface area contributed by atoms with Crippen LogP contribution < -0.4 is 0 Å². The van der Waals surface area contributed by atoms with Gasteiger partial charge in [-0.2, -0.15) is 0 Å². The van der Waals surface area contributed by atoms with Crippen LogP contribution in [0, 0.1) is 5.92 Å². The maximum Gasteiger partial charge on any atom is 0.410 e. The lowest BCUT2D eigenvalue weighted by atomic mass is 10.2. The van der Waals surface area contributed by atoms with Crippen molar-refractivity contribution in [2.75, 3.05) is 13.1 Å². The molecule has 0 aromatic carbocycles. The lowest BCUT2D eigenvalue weighted by Gasteiger charge is -2.24. The summed E-state index contributed by atoms with van der Waals surface area (Å²) < 4.78 is 5.26. The zero-order chi connectivity index (χ0) is 15.5. The van der Waals surface area contributed by atoms with E-state index in [1.54, 1.807) is 4.90 Å². The fourth-order valence-electron chi connectivity index (χ4n) is 1.43. The van der Waals surface area contributed by atoms with Gasteiger partial charge in [0.25, 0.3) is 0 Å². The highest BCUT2D eigenvalue weighted by Gasteiger charge is 2.27. The van der Waals surface area contributed by atoms with Crippen molar-refractivity contribution in [2.24, 2.45) is 5.92 Å². The van der Waals surface area contributed by atoms with E-state index in [9.17, 15) is 4.79 Å². The zero-order valence-electron chi connectivity index (χ0n) is 14.4. The van der Waals surface area contributed by atoms with Gasteiger partial charge < -0.3 is 9.64 Å². The molecule has 1 aliphatic heterocycles. The van der Waals surface area contributed by atoms with Crippen LogP contribution >= 0.6 is 0 Å². The molecular formula is C16H35NO2. The molecule has 1 heterocycles. The predicted molar refractivity (Wildman–Crippen MR) is 83.5 cm³/mol. The van der Waals surface area contributed by atoms with Gasteiger partial charge in [0.05, 0.1) is 0 Å². The third kappa shape index (κ3) is 12.1. The van der Waals surface area contributed by atoms with Gasteiger partial charge in [-0.1, -0.05) is 47.5 Å². The van der Waals surface area contributed by atoms with Gasteiger partial charge >= 0.3 is 6.09 Å². The van der Waals surface area contributed by atoms with E-state index < -0.39 is 0 Å². The summed E-state index contributed by atoms with van der Waals surface area (Å²) in [5.41, 5.74) is -0.372. The first-order chi connectivity index (χ1) is 8.80. The van der Waals surface area contributed by atoms with E-state index in [0.29, 0.717) is 5.92 Å². The van der Waals surface area contributed by atoms with Crippen molar-refractivity contribution < 1.29 is 9.53 Å². The quantitative estimate of drug-likeness (QED) is 0.665. The van der Waals surface area contributed by atoms with Crippen molar-refractivity contribution in [1.29, 1.82) is 0 Å². The summed E-state index contributed by atoms with van der Waals surface area (Å²) in [5, 5.41) is 0. The molecule has 0 aromatic rings. The highest BCUT2D eigenvalue weighted by atomic mass is 16.6. The maximum absolute atomic E-state index is 11.5. The number of hydrogen-bond donors (Lipinski definition) is 0. The Labute approximate surface area is 120 Å². The summed E-state index contributed by atoms with van der Waals surface area (Å²) in [6, 6.07) is 0. The summed E-state index contributed by atoms with van der Waals surface area (Å²) in [6.07, 6.45) is 3.57. The summed E-state index contributed by atoms with van der Waals surface area (Å²) in [5.74, 6) is 0.618. The van der Waals surface area contributed by atoms with E-state index >= 15 is 0 Å². The van der Waals surface area contributed by atoms with Gasteiger partial charge in [0.15, 0.2) is 0 Å². The third-order valence-corrected chi connectivity index (χ3v) is 2.58. The van der Waals surface area contributed by atoms with E-state index in [4.69, 9.17) is 4.74 Å². The fraction of sp³-hybridized carbons (Fsp3) is 0.938. The lowest BCUT2D eigenvalue weighted by Crippen LogP contribution is -2.35. The van der Waals surface area contributed by atoms with E-state index in [2.05, 4.69) is 20.8 Å². The SMILES string of the molecule is CC.CC1CCN(C(=O)OC(C)(C)C)C1.CCCC. The smallest absolute Gasteiger partial charge is 0.410 e. The number of unbranched alkanes of at least 4 members (excludes halogenated alkanes) is 1. The molecule has 116 valence electrons. The molecule has 0 N–H and O–H groups in total. The molecule has 1 atom stereocenters. The predicted octanol–water partition coefficient (Wildman–Crippen LogP) is 5.10. The van der Waals surface area contributed by atoms with Gasteiger partial charge in [-0.15, -0.1) is 0 Å². The summed E-state index contributed by atoms with van der Waals surface area (Å²) in [6.45, 7) is 17.9. The monoisotopic (exact) mass is 273 g/mol. The second-order valence-electron chi connectivity index (χ2n) is 5.82. The molecule has 19 heavy (non-hydrogen) atoms. The molecule has 1 saturated heterocycles. The van der Waals surface area contributed by atoms with Gasteiger partial charge in [0, 0.05) is 13.1 Å². The van der Waals surface area contributed by atoms with Crippen LogP contribution in [-0.4, -0.2) is 29.7 Å². The molecular weight excluding hydrogens is 238 g/mol. The van der Waals surface area contributed by atoms with E-state index in [0.717, 1.165) is 19.5 Å². The average molecular weight is 273 g/mol. The third-order valence-electron chi connectivity index (χ3n) is 2.58. The number of carbonyl (C=O) groups is 1. The highest BCUT2D eigenvalue weighted by molar-refractivity contribution is 5.68. The van der Waals surface area contributed by atoms with Crippen molar-refractivity contribution in [3.63, 3.8) is 0 Å². The van der Waals surface area contributed by atoms with Gasteiger partial charge in [0.1, 0.15) is 5.60 Å². The topological polar surface area (TPSA) is 29.5 Å². The molecule has 3 heteroatoms. The van der Waals surface area contributed by atoms with Gasteiger partial charge in [-0.3, -0.25) is 0 Å². The molecule has 1 unspecified atom stereocenters. The Morgan fingerprint density at radius 3 is 1.95 bits per heavy atom. The van der Waals surface area contributed by atoms with Gasteiger partial charge in [-0.25, -0.2) is 4.79 Å². The van der Waals surface area contributed by atoms with Crippen molar-refractivity contribution >= 4 is 6.09 Å². The molecule has 0 bridgehead atoms. The van der Waals surface area contributed by atoms with Crippen LogP contribution in [0.1, 0.15) is 74.7 Å². The van der Waals surface area contributed by atoms with Crippen LogP contribution in [0.3, 0.4) is 0 Å². The summed E-state index contributed by atoms with van der Waals surface area (Å²) in [7, 11) is 0. The second-order valence-corrected chi connectivity index (χ2v) is 5.82. The minimum Gasteiger partial charge on any atom is -0.444 e. The van der Waals surface area contributed by atoms with E-state index in [1.807, 2.05) is 34.6 Å². The number of amides is 1. The first-order valence-electron chi connectivity index (χ1n) is 7.78. The number of carbonyl (C=O) groups excluding carboxylic acids is 1. The number of nitrogens with zero attached hydrogens (tertiary/aromatic N) is 1. The molecule has 1 amide bonds. The Hall–Kier alpha value is -0.730. The fourth-order valence-corrected chi connectivity index (χ4v) is 1.43. The average Bonchev–Trinajstić information content (AvgIpc) is 2.77. The minimum absolute atomic E-state index is 0.170. The van der Waals surface area contributed by atoms with Crippen LogP contribution in [0.2, 0.25) is 0 Å². The molecule has 0 saturated carbocycles. The van der Waals surface area contributed by atoms with E-state index in [1.165, 1.54) is 12.8 Å². The van der Waals surface area contributed by atoms with Crippen LogP contribution in [0.5, 0.6) is 0 Å². The lowest BCUT2D eigenvalue weighted by molar-refractivity contribution is 0.0289. The molecule has 0 spiro atoms. The second kappa shape index (κ2) is 11.1. The Kier molecular flexibility index (Phi) is 12.1. The highest BCUT2D eigenvalue weighted by Crippen LogP contribution is 2.18. The minimum atomic E-state index is -0.372. The number of rotatable bonds is 1. The number of ether oxygens (including phenoxy) is 1. The molecule has 1 aliphatic rings. The molecule has 3 nitrogen and oxygen atoms in total. The van der Waals surface area contributed by atoms with Crippen molar-refractivity contribution in [2.45, 2.75) is 80.3 Å². The van der Waals surface area contributed by atoms with Crippen LogP contribution in [-0.2, 0) is 4.74 Å². The van der Waals surface area contributed by atoms with E-state index in [-0.39, 0.29) is 11.7 Å². The molecule has 0 aromatic heterocycles. The first-order valence-corrected chi connectivity index (χ1v) is 7.78. The van der Waals surface area contributed by atoms with Crippen LogP contribution in [0.4, 0.5) is 4.79 Å². The van der Waals surface area contributed by atoms with Crippen molar-refractivity contribution in [3.05, 3.63) is 0 Å². The molecule has 0 aliphatic carbocycles. The molecule has 1 rings (SSSR count). The maximum atomic E-state index is 11.5. The summed E-state index contributed by atoms with van der Waals surface area (Å²) in [4.78, 5) is 13.3. The first kappa shape index (κ1) is 20.6. The normalized spacial score (nSPS) is 17.9. The number of likely N-dealkylation sites (tertiary alicyclic amines) is 1. The Balaban J connectivity index is 0. The van der Waals surface area contributed by atoms with Crippen LogP contribution in [0.25, 0.3) is 0 Å². The molecule has 1 fully saturated rings. The molecule has 0 radical (unpaired) electrons. The standard InChI is InChI=1S/C10H19NO2.C4H10.C2H6/c1-8-5-6-11(7-8)9(12)13-10(2,3)4;1-3-4-2;1-2/h8H,5-7H2,1-4H3;3-4H2,1-2H3;1-2H3. The van der Waals surface area contributed by atoms with Gasteiger partial charge in [0.2, 0.25) is 0 Å². The number of hydrogen-bond acceptors (Lipinski definition) is 2. The summed E-state index contributed by atoms with van der Waals surface area (Å²) >= 11 is 0. The Morgan fingerprint density at radius 2 is 1.68 bits per heavy atom. The Bertz CT molecular complexity index is 219. The van der Waals surface area contributed by atoms with Crippen molar-refractivity contribution in [1.82, 2.24) is 4.90 Å². The Morgan fingerprint density at radius 1 is 1.21 bits per heavy atom.